The number of unbranched alkanes of at least 4 members (excludes halogenated alkanes) is 34. The molecule has 3 N–H and O–H groups in total. The Labute approximate surface area is 423 Å². The monoisotopic (exact) mass is 954 g/mol. The van der Waals surface area contributed by atoms with E-state index < -0.39 is 18.2 Å². The van der Waals surface area contributed by atoms with Crippen LogP contribution in [-0.4, -0.2) is 46.9 Å². The number of ether oxygens (including phenoxy) is 1. The second kappa shape index (κ2) is 55.7. The number of aliphatic hydroxyl groups is 2. The number of nitrogens with one attached hydrogen (secondary N) is 1. The van der Waals surface area contributed by atoms with Gasteiger partial charge in [0.2, 0.25) is 5.91 Å². The first-order valence-corrected chi connectivity index (χ1v) is 29.9. The molecule has 398 valence electrons. The molecular weight excluding hydrogens is 839 g/mol. The van der Waals surface area contributed by atoms with E-state index in [9.17, 15) is 19.8 Å². The fourth-order valence-electron chi connectivity index (χ4n) is 9.08. The number of carbonyl (C=O) groups excluding carboxylic acids is 2. The number of hydrogen-bond donors (Lipinski definition) is 3. The molecule has 0 heterocycles. The molecule has 0 aromatic heterocycles. The minimum absolute atomic E-state index is 0.0670. The Morgan fingerprint density at radius 3 is 1.18 bits per heavy atom. The van der Waals surface area contributed by atoms with E-state index in [0.717, 1.165) is 83.5 Å². The number of aliphatic hydroxyl groups excluding tert-OH is 2. The Bertz CT molecular complexity index is 1160. The number of allylic oxidation sites excluding steroid dienone is 8. The van der Waals surface area contributed by atoms with Crippen molar-refractivity contribution in [3.63, 3.8) is 0 Å². The van der Waals surface area contributed by atoms with Crippen molar-refractivity contribution in [2.75, 3.05) is 6.61 Å². The van der Waals surface area contributed by atoms with Crippen LogP contribution in [0, 0.1) is 0 Å². The van der Waals surface area contributed by atoms with Crippen molar-refractivity contribution >= 4 is 11.9 Å². The number of esters is 1. The van der Waals surface area contributed by atoms with Gasteiger partial charge in [-0.1, -0.05) is 256 Å². The predicted molar refractivity (Wildman–Crippen MR) is 296 cm³/mol. The van der Waals surface area contributed by atoms with Gasteiger partial charge in [0.1, 0.15) is 6.10 Å². The van der Waals surface area contributed by atoms with Gasteiger partial charge in [-0.25, -0.2) is 0 Å². The third-order valence-electron chi connectivity index (χ3n) is 13.6. The summed E-state index contributed by atoms with van der Waals surface area (Å²) in [5, 5.41) is 23.9. The lowest BCUT2D eigenvalue weighted by atomic mass is 10.0. The average Bonchev–Trinajstić information content (AvgIpc) is 3.33. The van der Waals surface area contributed by atoms with Gasteiger partial charge in [-0.3, -0.25) is 9.59 Å². The molecule has 1 amide bonds. The maximum atomic E-state index is 13.3. The first-order chi connectivity index (χ1) is 33.5. The van der Waals surface area contributed by atoms with Gasteiger partial charge in [-0.2, -0.15) is 0 Å². The smallest absolute Gasteiger partial charge is 0.306 e. The van der Waals surface area contributed by atoms with E-state index in [1.54, 1.807) is 0 Å². The molecule has 3 unspecified atom stereocenters. The molecule has 0 aromatic carbocycles. The molecule has 0 aliphatic carbocycles. The van der Waals surface area contributed by atoms with E-state index in [0.29, 0.717) is 19.3 Å². The Balaban J connectivity index is 4.59. The third kappa shape index (κ3) is 50.2. The maximum Gasteiger partial charge on any atom is 0.306 e. The summed E-state index contributed by atoms with van der Waals surface area (Å²) >= 11 is 0. The SMILES string of the molecule is CCCCC/C=C\C/C=C\C/C=C\CCCCCCC(=O)OC(CCCCCCCCC/C=C/CCCCCCCC)CC(=O)NC(CO)C(O)CCCCCCCCCCCCCCCCC. The highest BCUT2D eigenvalue weighted by Crippen LogP contribution is 2.18. The molecule has 0 aromatic rings. The standard InChI is InChI=1S/C62H115NO5/c1-4-7-10-13-16-19-22-25-28-30-33-35-38-41-44-47-50-53-58(68-62(67)55-52-49-46-43-40-37-34-31-29-26-23-20-17-14-11-8-5-2)56-61(66)63-59(57-64)60(65)54-51-48-45-42-39-36-32-27-24-21-18-15-12-9-6-3/h17,20,25-26,28-29,34,37,58-60,64-65H,4-16,18-19,21-24,27,30-33,35-36,38-57H2,1-3H3,(H,63,66)/b20-17-,28-25+,29-26-,37-34-. The number of carbonyl (C=O) groups is 2. The molecule has 0 radical (unpaired) electrons. The second-order valence-corrected chi connectivity index (χ2v) is 20.4. The summed E-state index contributed by atoms with van der Waals surface area (Å²) in [4.78, 5) is 26.3. The lowest BCUT2D eigenvalue weighted by molar-refractivity contribution is -0.151. The fourth-order valence-corrected chi connectivity index (χ4v) is 9.08. The molecule has 0 fully saturated rings. The quantitative estimate of drug-likeness (QED) is 0.0321. The highest BCUT2D eigenvalue weighted by atomic mass is 16.5. The zero-order chi connectivity index (χ0) is 49.5. The summed E-state index contributed by atoms with van der Waals surface area (Å²) in [5.74, 6) is -0.491. The molecule has 0 bridgehead atoms. The van der Waals surface area contributed by atoms with Crippen molar-refractivity contribution in [3.8, 4) is 0 Å². The molecular formula is C62H115NO5. The van der Waals surface area contributed by atoms with Crippen LogP contribution in [0.4, 0.5) is 0 Å². The van der Waals surface area contributed by atoms with Crippen molar-refractivity contribution in [1.82, 2.24) is 5.32 Å². The van der Waals surface area contributed by atoms with E-state index >= 15 is 0 Å². The van der Waals surface area contributed by atoms with E-state index in [1.807, 2.05) is 0 Å². The Kier molecular flexibility index (Phi) is 54.0. The summed E-state index contributed by atoms with van der Waals surface area (Å²) in [6.45, 7) is 6.48. The number of rotatable bonds is 54. The summed E-state index contributed by atoms with van der Waals surface area (Å²) in [7, 11) is 0. The van der Waals surface area contributed by atoms with Gasteiger partial charge in [0.15, 0.2) is 0 Å². The lowest BCUT2D eigenvalue weighted by Gasteiger charge is -2.24. The third-order valence-corrected chi connectivity index (χ3v) is 13.6. The Morgan fingerprint density at radius 1 is 0.426 bits per heavy atom. The van der Waals surface area contributed by atoms with Crippen LogP contribution in [0.15, 0.2) is 48.6 Å². The van der Waals surface area contributed by atoms with Crippen LogP contribution in [-0.2, 0) is 14.3 Å². The zero-order valence-corrected chi connectivity index (χ0v) is 45.5. The van der Waals surface area contributed by atoms with Gasteiger partial charge in [0.05, 0.1) is 25.2 Å². The van der Waals surface area contributed by atoms with Crippen LogP contribution >= 0.6 is 0 Å². The Morgan fingerprint density at radius 2 is 0.750 bits per heavy atom. The first kappa shape index (κ1) is 65.8. The maximum absolute atomic E-state index is 13.3. The molecule has 0 rings (SSSR count). The highest BCUT2D eigenvalue weighted by Gasteiger charge is 2.24. The molecule has 6 heteroatoms. The minimum Gasteiger partial charge on any atom is -0.462 e. The van der Waals surface area contributed by atoms with Crippen molar-refractivity contribution in [1.29, 1.82) is 0 Å². The average molecular weight is 955 g/mol. The van der Waals surface area contributed by atoms with Crippen molar-refractivity contribution in [3.05, 3.63) is 48.6 Å². The van der Waals surface area contributed by atoms with Gasteiger partial charge in [-0.15, -0.1) is 0 Å². The summed E-state index contributed by atoms with van der Waals surface area (Å²) in [6, 6.07) is -0.708. The van der Waals surface area contributed by atoms with E-state index in [2.05, 4.69) is 74.7 Å². The fraction of sp³-hybridized carbons (Fsp3) is 0.839. The topological polar surface area (TPSA) is 95.9 Å². The van der Waals surface area contributed by atoms with E-state index in [-0.39, 0.29) is 24.9 Å². The van der Waals surface area contributed by atoms with Crippen molar-refractivity contribution in [2.24, 2.45) is 0 Å². The lowest BCUT2D eigenvalue weighted by Crippen LogP contribution is -2.46. The zero-order valence-electron chi connectivity index (χ0n) is 45.5. The normalized spacial score (nSPS) is 13.4. The summed E-state index contributed by atoms with van der Waals surface area (Å²) in [6.07, 6.45) is 68.9. The van der Waals surface area contributed by atoms with E-state index in [1.165, 1.54) is 180 Å². The van der Waals surface area contributed by atoms with Gasteiger partial charge < -0.3 is 20.3 Å². The van der Waals surface area contributed by atoms with Gasteiger partial charge >= 0.3 is 5.97 Å². The molecule has 0 aliphatic heterocycles. The summed E-state index contributed by atoms with van der Waals surface area (Å²) < 4.78 is 5.96. The first-order valence-electron chi connectivity index (χ1n) is 29.9. The van der Waals surface area contributed by atoms with Crippen LogP contribution in [0.5, 0.6) is 0 Å². The molecule has 68 heavy (non-hydrogen) atoms. The molecule has 0 aliphatic rings. The van der Waals surface area contributed by atoms with Crippen molar-refractivity contribution in [2.45, 2.75) is 328 Å². The molecule has 0 saturated heterocycles. The minimum atomic E-state index is -0.794. The number of amides is 1. The largest absolute Gasteiger partial charge is 0.462 e. The van der Waals surface area contributed by atoms with Crippen LogP contribution in [0.25, 0.3) is 0 Å². The Hall–Kier alpha value is -2.18. The van der Waals surface area contributed by atoms with Gasteiger partial charge in [0.25, 0.3) is 0 Å². The van der Waals surface area contributed by atoms with E-state index in [4.69, 9.17) is 4.74 Å². The highest BCUT2D eigenvalue weighted by molar-refractivity contribution is 5.77. The number of hydrogen-bond acceptors (Lipinski definition) is 5. The molecule has 6 nitrogen and oxygen atoms in total. The van der Waals surface area contributed by atoms with Crippen LogP contribution in [0.3, 0.4) is 0 Å². The second-order valence-electron chi connectivity index (χ2n) is 20.4. The molecule has 3 atom stereocenters. The van der Waals surface area contributed by atoms with Gasteiger partial charge in [-0.05, 0) is 89.9 Å². The molecule has 0 saturated carbocycles. The van der Waals surface area contributed by atoms with Gasteiger partial charge in [0, 0.05) is 6.42 Å². The van der Waals surface area contributed by atoms with Crippen molar-refractivity contribution < 1.29 is 24.5 Å². The molecule has 0 spiro atoms. The predicted octanol–water partition coefficient (Wildman–Crippen LogP) is 18.6. The van der Waals surface area contributed by atoms with Crippen LogP contribution in [0.2, 0.25) is 0 Å². The summed E-state index contributed by atoms with van der Waals surface area (Å²) in [5.41, 5.74) is 0. The van der Waals surface area contributed by atoms with Crippen LogP contribution in [0.1, 0.15) is 310 Å². The van der Waals surface area contributed by atoms with Crippen LogP contribution < -0.4 is 5.32 Å².